The SMILES string of the molecule is CC(C)c1c(O)n(-c2ccccc2)c(=S)[nH]c1=O. The van der Waals surface area contributed by atoms with Crippen molar-refractivity contribution < 1.29 is 5.11 Å². The molecule has 5 heteroatoms. The van der Waals surface area contributed by atoms with Crippen LogP contribution in [0.3, 0.4) is 0 Å². The largest absolute Gasteiger partial charge is 0.494 e. The van der Waals surface area contributed by atoms with Gasteiger partial charge in [-0.15, -0.1) is 0 Å². The van der Waals surface area contributed by atoms with E-state index in [0.29, 0.717) is 5.56 Å². The van der Waals surface area contributed by atoms with Crippen molar-refractivity contribution in [2.45, 2.75) is 19.8 Å². The Bertz CT molecular complexity index is 672. The third-order valence-corrected chi connectivity index (χ3v) is 3.00. The summed E-state index contributed by atoms with van der Waals surface area (Å²) >= 11 is 5.10. The zero-order valence-corrected chi connectivity index (χ0v) is 11.0. The molecular formula is C13H14N2O2S. The van der Waals surface area contributed by atoms with Crippen molar-refractivity contribution in [3.63, 3.8) is 0 Å². The molecule has 0 atom stereocenters. The van der Waals surface area contributed by atoms with Crippen molar-refractivity contribution in [3.8, 4) is 11.6 Å². The third kappa shape index (κ3) is 2.09. The predicted molar refractivity (Wildman–Crippen MR) is 73.0 cm³/mol. The lowest BCUT2D eigenvalue weighted by Crippen LogP contribution is -2.19. The fourth-order valence-electron chi connectivity index (χ4n) is 1.88. The molecule has 94 valence electrons. The zero-order chi connectivity index (χ0) is 13.3. The van der Waals surface area contributed by atoms with Crippen LogP contribution in [0.2, 0.25) is 0 Å². The van der Waals surface area contributed by atoms with Crippen LogP contribution in [-0.2, 0) is 0 Å². The van der Waals surface area contributed by atoms with Crippen LogP contribution in [0.25, 0.3) is 5.69 Å². The fourth-order valence-corrected chi connectivity index (χ4v) is 2.16. The maximum absolute atomic E-state index is 11.8. The molecule has 0 amide bonds. The first-order valence-corrected chi connectivity index (χ1v) is 6.06. The van der Waals surface area contributed by atoms with Gasteiger partial charge in [0.15, 0.2) is 4.77 Å². The van der Waals surface area contributed by atoms with Gasteiger partial charge in [-0.1, -0.05) is 32.0 Å². The van der Waals surface area contributed by atoms with Gasteiger partial charge < -0.3 is 5.11 Å². The Balaban J connectivity index is 2.81. The number of aromatic amines is 1. The average Bonchev–Trinajstić information content (AvgIpc) is 2.28. The van der Waals surface area contributed by atoms with Crippen LogP contribution < -0.4 is 5.56 Å². The maximum Gasteiger partial charge on any atom is 0.259 e. The highest BCUT2D eigenvalue weighted by Crippen LogP contribution is 2.24. The summed E-state index contributed by atoms with van der Waals surface area (Å²) in [5, 5.41) is 10.3. The van der Waals surface area contributed by atoms with Crippen molar-refractivity contribution in [2.75, 3.05) is 0 Å². The van der Waals surface area contributed by atoms with Crippen LogP contribution in [0, 0.1) is 4.77 Å². The normalized spacial score (nSPS) is 10.8. The second-order valence-electron chi connectivity index (χ2n) is 4.32. The second kappa shape index (κ2) is 4.78. The molecule has 2 rings (SSSR count). The van der Waals surface area contributed by atoms with Gasteiger partial charge >= 0.3 is 0 Å². The number of hydrogen-bond donors (Lipinski definition) is 2. The Morgan fingerprint density at radius 2 is 1.89 bits per heavy atom. The Labute approximate surface area is 110 Å². The van der Waals surface area contributed by atoms with Gasteiger partial charge in [-0.05, 0) is 30.3 Å². The number of nitrogens with one attached hydrogen (secondary N) is 1. The standard InChI is InChI=1S/C13H14N2O2S/c1-8(2)10-11(16)14-13(18)15(12(10)17)9-6-4-3-5-7-9/h3-8,17H,1-2H3,(H,14,16,18). The predicted octanol–water partition coefficient (Wildman–Crippen LogP) is 2.72. The minimum absolute atomic E-state index is 0.0840. The van der Waals surface area contributed by atoms with Crippen molar-refractivity contribution >= 4 is 12.2 Å². The number of para-hydroxylation sites is 1. The van der Waals surface area contributed by atoms with Gasteiger partial charge in [0.25, 0.3) is 5.56 Å². The van der Waals surface area contributed by atoms with Crippen molar-refractivity contribution in [1.29, 1.82) is 0 Å². The molecule has 0 spiro atoms. The lowest BCUT2D eigenvalue weighted by molar-refractivity contribution is 0.422. The summed E-state index contributed by atoms with van der Waals surface area (Å²) in [4.78, 5) is 14.4. The summed E-state index contributed by atoms with van der Waals surface area (Å²) in [5.41, 5.74) is 0.727. The topological polar surface area (TPSA) is 58.0 Å². The lowest BCUT2D eigenvalue weighted by atomic mass is 10.1. The monoisotopic (exact) mass is 262 g/mol. The van der Waals surface area contributed by atoms with E-state index in [1.54, 1.807) is 0 Å². The molecule has 0 unspecified atom stereocenters. The van der Waals surface area contributed by atoms with E-state index < -0.39 is 0 Å². The number of benzene rings is 1. The van der Waals surface area contributed by atoms with Crippen LogP contribution in [-0.4, -0.2) is 14.7 Å². The number of rotatable bonds is 2. The van der Waals surface area contributed by atoms with Crippen molar-refractivity contribution in [1.82, 2.24) is 9.55 Å². The molecule has 1 aromatic heterocycles. The first-order valence-electron chi connectivity index (χ1n) is 5.66. The average molecular weight is 262 g/mol. The van der Waals surface area contributed by atoms with Crippen LogP contribution in [0.1, 0.15) is 25.3 Å². The summed E-state index contributed by atoms with van der Waals surface area (Å²) < 4.78 is 1.65. The fraction of sp³-hybridized carbons (Fsp3) is 0.231. The van der Waals surface area contributed by atoms with Gasteiger partial charge in [-0.25, -0.2) is 0 Å². The molecule has 0 saturated carbocycles. The van der Waals surface area contributed by atoms with E-state index in [4.69, 9.17) is 12.2 Å². The molecule has 0 aliphatic rings. The molecule has 0 fully saturated rings. The Hall–Kier alpha value is -1.88. The van der Waals surface area contributed by atoms with Crippen molar-refractivity contribution in [3.05, 3.63) is 51.0 Å². The molecule has 0 aliphatic heterocycles. The van der Waals surface area contributed by atoms with Crippen molar-refractivity contribution in [2.24, 2.45) is 0 Å². The molecular weight excluding hydrogens is 248 g/mol. The van der Waals surface area contributed by atoms with E-state index in [-0.39, 0.29) is 22.1 Å². The van der Waals surface area contributed by atoms with Crippen LogP contribution in [0.4, 0.5) is 0 Å². The molecule has 18 heavy (non-hydrogen) atoms. The van der Waals surface area contributed by atoms with E-state index in [1.165, 1.54) is 4.57 Å². The van der Waals surface area contributed by atoms with E-state index in [0.717, 1.165) is 5.69 Å². The van der Waals surface area contributed by atoms with Gasteiger partial charge in [0.05, 0.1) is 11.3 Å². The Morgan fingerprint density at radius 3 is 2.44 bits per heavy atom. The third-order valence-electron chi connectivity index (χ3n) is 2.71. The van der Waals surface area contributed by atoms with E-state index in [2.05, 4.69) is 4.98 Å². The van der Waals surface area contributed by atoms with E-state index in [9.17, 15) is 9.90 Å². The highest BCUT2D eigenvalue weighted by molar-refractivity contribution is 7.71. The van der Waals surface area contributed by atoms with Gasteiger partial charge in [0.2, 0.25) is 5.88 Å². The van der Waals surface area contributed by atoms with Crippen LogP contribution >= 0.6 is 12.2 Å². The summed E-state index contributed by atoms with van der Waals surface area (Å²) in [6, 6.07) is 9.20. The molecule has 2 N–H and O–H groups in total. The lowest BCUT2D eigenvalue weighted by Gasteiger charge is -2.14. The quantitative estimate of drug-likeness (QED) is 0.818. The van der Waals surface area contributed by atoms with Gasteiger partial charge in [-0.2, -0.15) is 0 Å². The number of hydrogen-bond acceptors (Lipinski definition) is 3. The summed E-state index contributed by atoms with van der Waals surface area (Å²) in [7, 11) is 0. The first kappa shape index (κ1) is 12.6. The van der Waals surface area contributed by atoms with Crippen LogP contribution in [0.5, 0.6) is 5.88 Å². The molecule has 0 aliphatic carbocycles. The zero-order valence-electron chi connectivity index (χ0n) is 10.2. The summed E-state index contributed by atoms with van der Waals surface area (Å²) in [6.07, 6.45) is 0. The number of nitrogens with zero attached hydrogens (tertiary/aromatic N) is 1. The van der Waals surface area contributed by atoms with Gasteiger partial charge in [0, 0.05) is 0 Å². The molecule has 0 saturated heterocycles. The molecule has 0 radical (unpaired) electrons. The summed E-state index contributed by atoms with van der Waals surface area (Å²) in [6.45, 7) is 3.70. The summed E-state index contributed by atoms with van der Waals surface area (Å²) in [5.74, 6) is -0.177. The number of aromatic hydroxyl groups is 1. The highest BCUT2D eigenvalue weighted by atomic mass is 32.1. The molecule has 1 heterocycles. The molecule has 0 bridgehead atoms. The molecule has 2 aromatic rings. The van der Waals surface area contributed by atoms with Crippen LogP contribution in [0.15, 0.2) is 35.1 Å². The minimum Gasteiger partial charge on any atom is -0.494 e. The molecule has 4 nitrogen and oxygen atoms in total. The number of aromatic nitrogens is 2. The Kier molecular flexibility index (Phi) is 3.34. The highest BCUT2D eigenvalue weighted by Gasteiger charge is 2.16. The Morgan fingerprint density at radius 1 is 1.28 bits per heavy atom. The maximum atomic E-state index is 11.8. The first-order chi connectivity index (χ1) is 8.52. The molecule has 1 aromatic carbocycles. The van der Waals surface area contributed by atoms with Gasteiger partial charge in [-0.3, -0.25) is 14.3 Å². The smallest absolute Gasteiger partial charge is 0.259 e. The number of H-pyrrole nitrogens is 1. The second-order valence-corrected chi connectivity index (χ2v) is 4.71. The van der Waals surface area contributed by atoms with E-state index in [1.807, 2.05) is 44.2 Å². The van der Waals surface area contributed by atoms with E-state index >= 15 is 0 Å². The van der Waals surface area contributed by atoms with Gasteiger partial charge in [0.1, 0.15) is 0 Å². The minimum atomic E-state index is -0.334.